The average Bonchev–Trinajstić information content (AvgIpc) is 3.26. The van der Waals surface area contributed by atoms with Crippen LogP contribution in [0.15, 0.2) is 60.1 Å². The highest BCUT2D eigenvalue weighted by Gasteiger charge is 2.36. The van der Waals surface area contributed by atoms with Crippen LogP contribution in [0.1, 0.15) is 43.4 Å². The number of nitrogens with one attached hydrogen (secondary N) is 1. The molecule has 0 saturated carbocycles. The Kier molecular flexibility index (Phi) is 5.34. The molecular formula is C24H23FN4O3. The Morgan fingerprint density at radius 2 is 2.03 bits per heavy atom. The third-order valence-electron chi connectivity index (χ3n) is 5.73. The van der Waals surface area contributed by atoms with Crippen LogP contribution >= 0.6 is 0 Å². The third-order valence-corrected chi connectivity index (χ3v) is 5.73. The van der Waals surface area contributed by atoms with Crippen molar-refractivity contribution in [3.05, 3.63) is 77.0 Å². The zero-order chi connectivity index (χ0) is 22.1. The lowest BCUT2D eigenvalue weighted by Crippen LogP contribution is -2.31. The van der Waals surface area contributed by atoms with E-state index in [1.807, 2.05) is 19.1 Å². The van der Waals surface area contributed by atoms with E-state index in [1.165, 1.54) is 12.4 Å². The molecule has 0 amide bonds. The second-order valence-corrected chi connectivity index (χ2v) is 7.74. The molecule has 32 heavy (non-hydrogen) atoms. The lowest BCUT2D eigenvalue weighted by Gasteiger charge is -2.32. The maximum atomic E-state index is 14.0. The molecule has 1 aliphatic heterocycles. The number of carbonyl (C=O) groups excluding carboxylic acids is 1. The van der Waals surface area contributed by atoms with E-state index < -0.39 is 6.04 Å². The fraction of sp³-hybridized carbons (Fsp3) is 0.292. The molecule has 0 spiro atoms. The molecule has 1 unspecified atom stereocenters. The van der Waals surface area contributed by atoms with Gasteiger partial charge in [0, 0.05) is 23.3 Å². The summed E-state index contributed by atoms with van der Waals surface area (Å²) in [6.07, 6.45) is 3.61. The number of nitrogens with zero attached hydrogens (tertiary/aromatic N) is 3. The zero-order valence-electron chi connectivity index (χ0n) is 17.7. The van der Waals surface area contributed by atoms with Gasteiger partial charge in [-0.05, 0) is 43.5 Å². The summed E-state index contributed by atoms with van der Waals surface area (Å²) >= 11 is 0. The molecule has 8 heteroatoms. The number of aromatic nitrogens is 3. The number of hydrogen-bond donors (Lipinski definition) is 1. The first-order chi connectivity index (χ1) is 15.7. The number of fused-ring (bicyclic) bond motifs is 1. The number of hydrogen-bond acceptors (Lipinski definition) is 6. The predicted octanol–water partition coefficient (Wildman–Crippen LogP) is 4.42. The van der Waals surface area contributed by atoms with E-state index in [-0.39, 0.29) is 18.2 Å². The molecule has 7 nitrogen and oxygen atoms in total. The van der Waals surface area contributed by atoms with E-state index in [9.17, 15) is 9.18 Å². The summed E-state index contributed by atoms with van der Waals surface area (Å²) in [6.45, 7) is 2.41. The Hall–Kier alpha value is -3.68. The number of rotatable bonds is 6. The minimum Gasteiger partial charge on any atom is -0.490 e. The largest absolute Gasteiger partial charge is 0.490 e. The first-order valence-corrected chi connectivity index (χ1v) is 10.7. The number of allylic oxidation sites excluding steroid dienone is 2. The van der Waals surface area contributed by atoms with E-state index in [2.05, 4.69) is 15.4 Å². The molecule has 5 rings (SSSR count). The number of carbonyl (C=O) groups is 1. The summed E-state index contributed by atoms with van der Waals surface area (Å²) in [5, 5.41) is 7.63. The summed E-state index contributed by atoms with van der Waals surface area (Å²) in [5.74, 6) is 1.46. The van der Waals surface area contributed by atoms with Gasteiger partial charge in [-0.1, -0.05) is 24.3 Å². The van der Waals surface area contributed by atoms with E-state index in [4.69, 9.17) is 9.47 Å². The Morgan fingerprint density at radius 1 is 1.16 bits per heavy atom. The van der Waals surface area contributed by atoms with Gasteiger partial charge >= 0.3 is 0 Å². The summed E-state index contributed by atoms with van der Waals surface area (Å²) in [7, 11) is 0. The van der Waals surface area contributed by atoms with Crippen molar-refractivity contribution in [2.45, 2.75) is 38.8 Å². The summed E-state index contributed by atoms with van der Waals surface area (Å²) in [6, 6.07) is 11.7. The van der Waals surface area contributed by atoms with Gasteiger partial charge in [-0.25, -0.2) is 9.07 Å². The molecule has 1 atom stereocenters. The van der Waals surface area contributed by atoms with Crippen LogP contribution in [0.2, 0.25) is 0 Å². The molecule has 2 aliphatic rings. The van der Waals surface area contributed by atoms with Crippen LogP contribution in [0, 0.1) is 5.82 Å². The summed E-state index contributed by atoms with van der Waals surface area (Å²) < 4.78 is 27.4. The molecule has 0 fully saturated rings. The van der Waals surface area contributed by atoms with Crippen molar-refractivity contribution in [3.8, 4) is 11.5 Å². The van der Waals surface area contributed by atoms with Gasteiger partial charge < -0.3 is 14.8 Å². The minimum absolute atomic E-state index is 0.0838. The first-order valence-electron chi connectivity index (χ1n) is 10.7. The first kappa shape index (κ1) is 20.2. The van der Waals surface area contributed by atoms with Crippen LogP contribution in [0.4, 0.5) is 10.3 Å². The maximum Gasteiger partial charge on any atom is 0.226 e. The number of benzene rings is 2. The zero-order valence-corrected chi connectivity index (χ0v) is 17.7. The van der Waals surface area contributed by atoms with Crippen molar-refractivity contribution >= 4 is 11.7 Å². The Labute approximate surface area is 184 Å². The van der Waals surface area contributed by atoms with Gasteiger partial charge in [-0.2, -0.15) is 10.1 Å². The van der Waals surface area contributed by atoms with Crippen molar-refractivity contribution in [3.63, 3.8) is 0 Å². The van der Waals surface area contributed by atoms with E-state index >= 15 is 0 Å². The molecule has 0 saturated heterocycles. The quantitative estimate of drug-likeness (QED) is 0.619. The van der Waals surface area contributed by atoms with E-state index in [1.54, 1.807) is 28.9 Å². The molecule has 1 N–H and O–H groups in total. The fourth-order valence-corrected chi connectivity index (χ4v) is 4.26. The van der Waals surface area contributed by atoms with Crippen molar-refractivity contribution in [2.75, 3.05) is 11.9 Å². The van der Waals surface area contributed by atoms with Crippen LogP contribution in [0.5, 0.6) is 11.5 Å². The smallest absolute Gasteiger partial charge is 0.226 e. The van der Waals surface area contributed by atoms with Crippen LogP contribution in [0.3, 0.4) is 0 Å². The standard InChI is InChI=1S/C24H23FN4O3/c1-2-31-21-12-15(10-11-20(21)32-13-16-6-3-4-7-17(16)25)23-22-18(8-5-9-19(22)30)28-24-26-14-27-29(23)24/h3-4,6-7,10-12,14,23H,2,5,8-9,13H2,1H3,(H,26,27,28). The monoisotopic (exact) mass is 434 g/mol. The van der Waals surface area contributed by atoms with Gasteiger partial charge in [-0.15, -0.1) is 0 Å². The molecular weight excluding hydrogens is 411 g/mol. The molecule has 164 valence electrons. The number of ketones is 1. The van der Waals surface area contributed by atoms with Crippen molar-refractivity contribution < 1.29 is 18.7 Å². The maximum absolute atomic E-state index is 14.0. The number of ether oxygens (including phenoxy) is 2. The molecule has 0 bridgehead atoms. The van der Waals surface area contributed by atoms with E-state index in [0.29, 0.717) is 36.0 Å². The lowest BCUT2D eigenvalue weighted by atomic mass is 9.85. The van der Waals surface area contributed by atoms with Crippen LogP contribution < -0.4 is 14.8 Å². The van der Waals surface area contributed by atoms with E-state index in [0.717, 1.165) is 29.7 Å². The number of anilines is 1. The molecule has 3 aromatic rings. The summed E-state index contributed by atoms with van der Waals surface area (Å²) in [5.41, 5.74) is 2.94. The van der Waals surface area contributed by atoms with Crippen LogP contribution in [-0.2, 0) is 11.4 Å². The Balaban J connectivity index is 1.51. The summed E-state index contributed by atoms with van der Waals surface area (Å²) in [4.78, 5) is 17.2. The van der Waals surface area contributed by atoms with Crippen molar-refractivity contribution in [1.82, 2.24) is 14.8 Å². The molecule has 2 aromatic carbocycles. The van der Waals surface area contributed by atoms with Crippen LogP contribution in [0.25, 0.3) is 0 Å². The third kappa shape index (κ3) is 3.62. The van der Waals surface area contributed by atoms with Gasteiger partial charge in [0.1, 0.15) is 24.8 Å². The highest BCUT2D eigenvalue weighted by molar-refractivity contribution is 5.99. The normalized spacial score (nSPS) is 17.4. The van der Waals surface area contributed by atoms with Crippen molar-refractivity contribution in [1.29, 1.82) is 0 Å². The molecule has 2 heterocycles. The Morgan fingerprint density at radius 3 is 2.88 bits per heavy atom. The van der Waals surface area contributed by atoms with Crippen molar-refractivity contribution in [2.24, 2.45) is 0 Å². The molecule has 0 radical (unpaired) electrons. The van der Waals surface area contributed by atoms with Gasteiger partial charge in [0.2, 0.25) is 5.95 Å². The van der Waals surface area contributed by atoms with Gasteiger partial charge in [0.15, 0.2) is 17.3 Å². The topological polar surface area (TPSA) is 78.3 Å². The highest BCUT2D eigenvalue weighted by atomic mass is 19.1. The van der Waals surface area contributed by atoms with Crippen LogP contribution in [-0.4, -0.2) is 27.2 Å². The fourth-order valence-electron chi connectivity index (χ4n) is 4.26. The number of Topliss-reactive ketones (excluding diaryl/α,β-unsaturated/α-hetero) is 1. The van der Waals surface area contributed by atoms with Gasteiger partial charge in [0.25, 0.3) is 0 Å². The minimum atomic E-state index is -0.392. The molecule has 1 aromatic heterocycles. The SMILES string of the molecule is CCOc1cc(C2C3=C(CCCC3=O)Nc3ncnn32)ccc1OCc1ccccc1F. The second-order valence-electron chi connectivity index (χ2n) is 7.74. The average molecular weight is 434 g/mol. The predicted molar refractivity (Wildman–Crippen MR) is 116 cm³/mol. The van der Waals surface area contributed by atoms with Gasteiger partial charge in [0.05, 0.1) is 6.61 Å². The lowest BCUT2D eigenvalue weighted by molar-refractivity contribution is -0.116. The Bertz CT molecular complexity index is 1200. The number of halogens is 1. The second kappa shape index (κ2) is 8.45. The van der Waals surface area contributed by atoms with Gasteiger partial charge in [-0.3, -0.25) is 4.79 Å². The highest BCUT2D eigenvalue weighted by Crippen LogP contribution is 2.41. The molecule has 1 aliphatic carbocycles.